The normalized spacial score (nSPS) is 10.3. The number of aryl methyl sites for hydroxylation is 2. The van der Waals surface area contributed by atoms with Crippen molar-refractivity contribution in [2.24, 2.45) is 0 Å². The lowest BCUT2D eigenvalue weighted by atomic mass is 10.1. The van der Waals surface area contributed by atoms with Gasteiger partial charge in [-0.3, -0.25) is 14.2 Å². The van der Waals surface area contributed by atoms with Gasteiger partial charge in [0.15, 0.2) is 0 Å². The first kappa shape index (κ1) is 19.1. The maximum Gasteiger partial charge on any atom is 0.272 e. The van der Waals surface area contributed by atoms with Crippen molar-refractivity contribution < 1.29 is 4.79 Å². The first-order valence-electron chi connectivity index (χ1n) is 8.97. The third-order valence-electron chi connectivity index (χ3n) is 4.40. The lowest BCUT2D eigenvalue weighted by molar-refractivity contribution is -0.116. The SMILES string of the molecule is CCc1cccc(NC(=O)Cn2c(-c3ccc(C)cc3)ncc(C#N)c2=O)c1. The van der Waals surface area contributed by atoms with E-state index >= 15 is 0 Å². The number of carbonyl (C=O) groups excluding carboxylic acids is 1. The zero-order valence-corrected chi connectivity index (χ0v) is 15.8. The Balaban J connectivity index is 1.95. The average Bonchev–Trinajstić information content (AvgIpc) is 2.70. The molecular weight excluding hydrogens is 352 g/mol. The van der Waals surface area contributed by atoms with Gasteiger partial charge in [-0.05, 0) is 31.0 Å². The number of rotatable bonds is 5. The maximum absolute atomic E-state index is 12.7. The van der Waals surface area contributed by atoms with Crippen LogP contribution in [0.4, 0.5) is 5.69 Å². The summed E-state index contributed by atoms with van der Waals surface area (Å²) in [6.07, 6.45) is 2.10. The Morgan fingerprint density at radius 3 is 2.64 bits per heavy atom. The fourth-order valence-corrected chi connectivity index (χ4v) is 2.86. The van der Waals surface area contributed by atoms with Gasteiger partial charge in [-0.15, -0.1) is 0 Å². The molecule has 140 valence electrons. The minimum Gasteiger partial charge on any atom is -0.325 e. The number of nitrogens with one attached hydrogen (secondary N) is 1. The number of aromatic nitrogens is 2. The molecule has 6 heteroatoms. The zero-order valence-electron chi connectivity index (χ0n) is 15.8. The monoisotopic (exact) mass is 372 g/mol. The number of benzene rings is 2. The molecule has 6 nitrogen and oxygen atoms in total. The fourth-order valence-electron chi connectivity index (χ4n) is 2.86. The molecule has 0 saturated heterocycles. The molecule has 0 radical (unpaired) electrons. The van der Waals surface area contributed by atoms with E-state index in [1.165, 1.54) is 10.8 Å². The number of anilines is 1. The molecular formula is C22H20N4O2. The number of hydrogen-bond acceptors (Lipinski definition) is 4. The van der Waals surface area contributed by atoms with Crippen LogP contribution in [0.5, 0.6) is 0 Å². The van der Waals surface area contributed by atoms with Gasteiger partial charge in [0.05, 0.1) is 6.20 Å². The predicted molar refractivity (Wildman–Crippen MR) is 108 cm³/mol. The third kappa shape index (κ3) is 4.15. The number of hydrogen-bond donors (Lipinski definition) is 1. The summed E-state index contributed by atoms with van der Waals surface area (Å²) < 4.78 is 1.24. The molecule has 1 heterocycles. The Hall–Kier alpha value is -3.72. The highest BCUT2D eigenvalue weighted by atomic mass is 16.2. The van der Waals surface area contributed by atoms with Crippen LogP contribution in [-0.2, 0) is 17.8 Å². The Kier molecular flexibility index (Phi) is 5.66. The van der Waals surface area contributed by atoms with Crippen LogP contribution in [0.1, 0.15) is 23.6 Å². The smallest absolute Gasteiger partial charge is 0.272 e. The van der Waals surface area contributed by atoms with Crippen molar-refractivity contribution in [3.8, 4) is 17.5 Å². The second kappa shape index (κ2) is 8.31. The van der Waals surface area contributed by atoms with Gasteiger partial charge in [0.1, 0.15) is 24.0 Å². The van der Waals surface area contributed by atoms with Gasteiger partial charge in [0.2, 0.25) is 5.91 Å². The Bertz CT molecular complexity index is 1110. The molecule has 3 aromatic rings. The summed E-state index contributed by atoms with van der Waals surface area (Å²) in [7, 11) is 0. The molecule has 0 aliphatic rings. The molecule has 1 amide bonds. The van der Waals surface area contributed by atoms with Crippen molar-refractivity contribution in [1.82, 2.24) is 9.55 Å². The van der Waals surface area contributed by atoms with E-state index in [0.29, 0.717) is 17.1 Å². The summed E-state index contributed by atoms with van der Waals surface area (Å²) in [4.78, 5) is 29.5. The average molecular weight is 372 g/mol. The van der Waals surface area contributed by atoms with Gasteiger partial charge >= 0.3 is 0 Å². The van der Waals surface area contributed by atoms with E-state index in [1.54, 1.807) is 6.07 Å². The molecule has 0 atom stereocenters. The minimum atomic E-state index is -0.537. The second-order valence-corrected chi connectivity index (χ2v) is 6.47. The Labute approximate surface area is 163 Å². The predicted octanol–water partition coefficient (Wildman–Crippen LogP) is 3.29. The van der Waals surface area contributed by atoms with Crippen LogP contribution < -0.4 is 10.9 Å². The minimum absolute atomic E-state index is 0.100. The fraction of sp³-hybridized carbons (Fsp3) is 0.182. The Morgan fingerprint density at radius 1 is 1.21 bits per heavy atom. The molecule has 1 N–H and O–H groups in total. The van der Waals surface area contributed by atoms with Gasteiger partial charge in [-0.25, -0.2) is 4.98 Å². The van der Waals surface area contributed by atoms with E-state index in [-0.39, 0.29) is 18.0 Å². The van der Waals surface area contributed by atoms with Crippen LogP contribution in [-0.4, -0.2) is 15.5 Å². The quantitative estimate of drug-likeness (QED) is 0.744. The maximum atomic E-state index is 12.7. The lowest BCUT2D eigenvalue weighted by Gasteiger charge is -2.13. The van der Waals surface area contributed by atoms with E-state index in [1.807, 2.05) is 62.4 Å². The van der Waals surface area contributed by atoms with E-state index in [9.17, 15) is 9.59 Å². The van der Waals surface area contributed by atoms with Gasteiger partial charge < -0.3 is 5.32 Å². The number of nitriles is 1. The largest absolute Gasteiger partial charge is 0.325 e. The topological polar surface area (TPSA) is 87.8 Å². The standard InChI is InChI=1S/C22H20N4O2/c1-3-16-5-4-6-19(11-16)25-20(27)14-26-21(17-9-7-15(2)8-10-17)24-13-18(12-23)22(26)28/h4-11,13H,3,14H2,1-2H3,(H,25,27). The van der Waals surface area contributed by atoms with E-state index in [4.69, 9.17) is 5.26 Å². The molecule has 0 aliphatic heterocycles. The highest BCUT2D eigenvalue weighted by Crippen LogP contribution is 2.17. The molecule has 0 saturated carbocycles. The summed E-state index contributed by atoms with van der Waals surface area (Å²) >= 11 is 0. The molecule has 2 aromatic carbocycles. The molecule has 1 aromatic heterocycles. The van der Waals surface area contributed by atoms with Gasteiger partial charge in [-0.2, -0.15) is 5.26 Å². The highest BCUT2D eigenvalue weighted by molar-refractivity contribution is 5.90. The second-order valence-electron chi connectivity index (χ2n) is 6.47. The summed E-state index contributed by atoms with van der Waals surface area (Å²) in [6.45, 7) is 3.76. The van der Waals surface area contributed by atoms with Crippen LogP contribution in [0.2, 0.25) is 0 Å². The summed E-state index contributed by atoms with van der Waals surface area (Å²) in [5.74, 6) is -0.0120. The summed E-state index contributed by atoms with van der Waals surface area (Å²) in [5.41, 5.74) is 2.90. The summed E-state index contributed by atoms with van der Waals surface area (Å²) in [6, 6.07) is 16.9. The number of amides is 1. The van der Waals surface area contributed by atoms with Crippen LogP contribution in [0.15, 0.2) is 59.5 Å². The van der Waals surface area contributed by atoms with Crippen LogP contribution in [0, 0.1) is 18.3 Å². The number of carbonyl (C=O) groups is 1. The zero-order chi connectivity index (χ0) is 20.1. The van der Waals surface area contributed by atoms with Crippen molar-refractivity contribution in [1.29, 1.82) is 5.26 Å². The molecule has 0 aliphatic carbocycles. The van der Waals surface area contributed by atoms with Gasteiger partial charge in [0.25, 0.3) is 5.56 Å². The van der Waals surface area contributed by atoms with Crippen LogP contribution in [0.25, 0.3) is 11.4 Å². The molecule has 0 fully saturated rings. The van der Waals surface area contributed by atoms with Crippen molar-refractivity contribution in [2.75, 3.05) is 5.32 Å². The van der Waals surface area contributed by atoms with Gasteiger partial charge in [-0.1, -0.05) is 48.9 Å². The molecule has 28 heavy (non-hydrogen) atoms. The van der Waals surface area contributed by atoms with Gasteiger partial charge in [0, 0.05) is 11.3 Å². The molecule has 0 spiro atoms. The molecule has 0 unspecified atom stereocenters. The van der Waals surface area contributed by atoms with Crippen molar-refractivity contribution in [2.45, 2.75) is 26.8 Å². The first-order valence-corrected chi connectivity index (χ1v) is 8.97. The molecule has 0 bridgehead atoms. The van der Waals surface area contributed by atoms with Crippen molar-refractivity contribution in [3.63, 3.8) is 0 Å². The third-order valence-corrected chi connectivity index (χ3v) is 4.40. The van der Waals surface area contributed by atoms with Crippen LogP contribution in [0.3, 0.4) is 0 Å². The van der Waals surface area contributed by atoms with E-state index < -0.39 is 5.56 Å². The first-order chi connectivity index (χ1) is 13.5. The highest BCUT2D eigenvalue weighted by Gasteiger charge is 2.15. The Morgan fingerprint density at radius 2 is 1.96 bits per heavy atom. The summed E-state index contributed by atoms with van der Waals surface area (Å²) in [5, 5.41) is 12.0. The number of nitrogens with zero attached hydrogens (tertiary/aromatic N) is 3. The van der Waals surface area contributed by atoms with Crippen molar-refractivity contribution >= 4 is 11.6 Å². The van der Waals surface area contributed by atoms with Crippen LogP contribution >= 0.6 is 0 Å². The van der Waals surface area contributed by atoms with E-state index in [0.717, 1.165) is 17.5 Å². The van der Waals surface area contributed by atoms with Crippen molar-refractivity contribution in [3.05, 3.63) is 81.8 Å². The lowest BCUT2D eigenvalue weighted by Crippen LogP contribution is -2.31. The molecule has 3 rings (SSSR count). The van der Waals surface area contributed by atoms with E-state index in [2.05, 4.69) is 10.3 Å².